The number of amides is 1. The van der Waals surface area contributed by atoms with E-state index in [2.05, 4.69) is 0 Å². The number of carbonyl (C=O) groups excluding carboxylic acids is 1. The zero-order valence-corrected chi connectivity index (χ0v) is 16.4. The number of likely N-dealkylation sites (tertiary alicyclic amines) is 1. The Hall–Kier alpha value is -1.68. The van der Waals surface area contributed by atoms with E-state index in [1.165, 1.54) is 11.4 Å². The number of piperidine rings is 1. The van der Waals surface area contributed by atoms with Crippen LogP contribution in [0, 0.1) is 0 Å². The van der Waals surface area contributed by atoms with Gasteiger partial charge in [-0.05, 0) is 30.5 Å². The number of hydrogen-bond donors (Lipinski definition) is 1. The van der Waals surface area contributed by atoms with Crippen molar-refractivity contribution in [3.63, 3.8) is 0 Å². The predicted molar refractivity (Wildman–Crippen MR) is 100 cm³/mol. The molecule has 2 aliphatic heterocycles. The molecule has 1 aromatic rings. The first-order valence-electron chi connectivity index (χ1n) is 9.20. The third-order valence-corrected chi connectivity index (χ3v) is 6.90. The van der Waals surface area contributed by atoms with Gasteiger partial charge in [0.05, 0.1) is 26.7 Å². The van der Waals surface area contributed by atoms with E-state index in [9.17, 15) is 13.2 Å². The number of sulfonamides is 1. The van der Waals surface area contributed by atoms with Gasteiger partial charge in [0.1, 0.15) is 10.6 Å². The number of methoxy groups -OCH3 is 1. The summed E-state index contributed by atoms with van der Waals surface area (Å²) in [6, 6.07) is 4.90. The average molecular weight is 397 g/mol. The normalized spacial score (nSPS) is 21.9. The first-order valence-corrected chi connectivity index (χ1v) is 10.6. The molecule has 2 saturated heterocycles. The van der Waals surface area contributed by atoms with Crippen molar-refractivity contribution in [3.05, 3.63) is 23.8 Å². The number of rotatable bonds is 5. The Morgan fingerprint density at radius 3 is 2.70 bits per heavy atom. The first kappa shape index (κ1) is 20.1. The van der Waals surface area contributed by atoms with E-state index < -0.39 is 10.0 Å². The predicted octanol–water partition coefficient (Wildman–Crippen LogP) is 0.208. The molecule has 1 amide bonds. The van der Waals surface area contributed by atoms with Gasteiger partial charge in [-0.2, -0.15) is 4.31 Å². The van der Waals surface area contributed by atoms with Crippen LogP contribution in [0.1, 0.15) is 18.4 Å². The number of morpholine rings is 1. The molecule has 0 aliphatic carbocycles. The van der Waals surface area contributed by atoms with Gasteiger partial charge in [0, 0.05) is 32.2 Å². The molecule has 2 aliphatic rings. The maximum absolute atomic E-state index is 13.0. The Morgan fingerprint density at radius 2 is 2.04 bits per heavy atom. The number of nitrogens with zero attached hydrogens (tertiary/aromatic N) is 2. The zero-order chi connectivity index (χ0) is 19.4. The molecular weight excluding hydrogens is 370 g/mol. The van der Waals surface area contributed by atoms with Crippen molar-refractivity contribution in [1.29, 1.82) is 0 Å². The van der Waals surface area contributed by atoms with Gasteiger partial charge in [-0.25, -0.2) is 8.42 Å². The van der Waals surface area contributed by atoms with Gasteiger partial charge >= 0.3 is 0 Å². The second-order valence-electron chi connectivity index (χ2n) is 6.92. The summed E-state index contributed by atoms with van der Waals surface area (Å²) in [6.07, 6.45) is 1.96. The van der Waals surface area contributed by atoms with E-state index in [-0.39, 0.29) is 29.0 Å². The zero-order valence-electron chi connectivity index (χ0n) is 15.6. The first-order chi connectivity index (χ1) is 12.9. The Balaban J connectivity index is 1.81. The Labute approximate surface area is 160 Å². The lowest BCUT2D eigenvalue weighted by molar-refractivity contribution is -0.131. The van der Waals surface area contributed by atoms with Crippen molar-refractivity contribution in [2.75, 3.05) is 46.5 Å². The van der Waals surface area contributed by atoms with Crippen LogP contribution in [-0.2, 0) is 26.0 Å². The van der Waals surface area contributed by atoms with Crippen molar-refractivity contribution in [3.8, 4) is 5.75 Å². The molecule has 1 unspecified atom stereocenters. The highest BCUT2D eigenvalue weighted by Crippen LogP contribution is 2.29. The molecule has 2 heterocycles. The maximum atomic E-state index is 13.0. The maximum Gasteiger partial charge on any atom is 0.246 e. The molecule has 1 atom stereocenters. The number of hydrogen-bond acceptors (Lipinski definition) is 6. The molecule has 0 aromatic heterocycles. The van der Waals surface area contributed by atoms with Crippen LogP contribution in [0.3, 0.4) is 0 Å². The third kappa shape index (κ3) is 4.60. The largest absolute Gasteiger partial charge is 0.495 e. The number of nitrogens with two attached hydrogens (primary N) is 1. The van der Waals surface area contributed by atoms with E-state index in [0.29, 0.717) is 45.0 Å². The summed E-state index contributed by atoms with van der Waals surface area (Å²) in [5.41, 5.74) is 6.60. The molecular formula is C18H27N3O5S. The smallest absolute Gasteiger partial charge is 0.246 e. The Morgan fingerprint density at radius 1 is 1.30 bits per heavy atom. The molecule has 8 nitrogen and oxygen atoms in total. The highest BCUT2D eigenvalue weighted by Gasteiger charge is 2.30. The summed E-state index contributed by atoms with van der Waals surface area (Å²) >= 11 is 0. The van der Waals surface area contributed by atoms with Crippen molar-refractivity contribution in [2.45, 2.75) is 30.2 Å². The standard InChI is InChI=1S/C18H27N3O5S/c1-25-16-5-4-14(12-18(22)20-6-2-3-15(19)13-20)11-17(16)27(23,24)21-7-9-26-10-8-21/h4-5,11,15H,2-3,6-10,12-13,19H2,1H3. The summed E-state index contributed by atoms with van der Waals surface area (Å²) in [7, 11) is -2.28. The van der Waals surface area contributed by atoms with E-state index in [0.717, 1.165) is 12.8 Å². The highest BCUT2D eigenvalue weighted by molar-refractivity contribution is 7.89. The minimum absolute atomic E-state index is 0.0100. The van der Waals surface area contributed by atoms with Crippen molar-refractivity contribution in [2.24, 2.45) is 5.73 Å². The molecule has 27 heavy (non-hydrogen) atoms. The number of ether oxygens (including phenoxy) is 2. The second-order valence-corrected chi connectivity index (χ2v) is 8.83. The van der Waals surface area contributed by atoms with E-state index in [4.69, 9.17) is 15.2 Å². The number of benzene rings is 1. The van der Waals surface area contributed by atoms with Gasteiger partial charge in [-0.15, -0.1) is 0 Å². The number of carbonyl (C=O) groups is 1. The van der Waals surface area contributed by atoms with E-state index >= 15 is 0 Å². The van der Waals surface area contributed by atoms with E-state index in [1.54, 1.807) is 23.1 Å². The third-order valence-electron chi connectivity index (χ3n) is 4.98. The Bertz CT molecular complexity index is 777. The molecule has 0 spiro atoms. The monoisotopic (exact) mass is 397 g/mol. The molecule has 2 N–H and O–H groups in total. The van der Waals surface area contributed by atoms with Gasteiger partial charge in [0.15, 0.2) is 0 Å². The van der Waals surface area contributed by atoms with Gasteiger partial charge in [0.25, 0.3) is 0 Å². The summed E-state index contributed by atoms with van der Waals surface area (Å²) < 4.78 is 38.0. The van der Waals surface area contributed by atoms with Crippen molar-refractivity contribution < 1.29 is 22.7 Å². The minimum atomic E-state index is -3.71. The van der Waals surface area contributed by atoms with Crippen LogP contribution in [0.25, 0.3) is 0 Å². The topological polar surface area (TPSA) is 102 Å². The fraction of sp³-hybridized carbons (Fsp3) is 0.611. The fourth-order valence-electron chi connectivity index (χ4n) is 3.48. The van der Waals surface area contributed by atoms with Crippen LogP contribution in [0.4, 0.5) is 0 Å². The molecule has 150 valence electrons. The average Bonchev–Trinajstić information content (AvgIpc) is 2.68. The van der Waals surface area contributed by atoms with Gasteiger partial charge < -0.3 is 20.1 Å². The van der Waals surface area contributed by atoms with Crippen LogP contribution in [0.15, 0.2) is 23.1 Å². The van der Waals surface area contributed by atoms with Crippen molar-refractivity contribution in [1.82, 2.24) is 9.21 Å². The Kier molecular flexibility index (Phi) is 6.36. The summed E-state index contributed by atoms with van der Waals surface area (Å²) in [5, 5.41) is 0. The SMILES string of the molecule is COc1ccc(CC(=O)N2CCCC(N)C2)cc1S(=O)(=O)N1CCOCC1. The molecule has 1 aromatic carbocycles. The van der Waals surface area contributed by atoms with Crippen LogP contribution in [-0.4, -0.2) is 76.1 Å². The van der Waals surface area contributed by atoms with Gasteiger partial charge in [0.2, 0.25) is 15.9 Å². The molecule has 0 radical (unpaired) electrons. The van der Waals surface area contributed by atoms with Gasteiger partial charge in [-0.3, -0.25) is 4.79 Å². The lowest BCUT2D eigenvalue weighted by Crippen LogP contribution is -2.46. The van der Waals surface area contributed by atoms with Crippen LogP contribution < -0.4 is 10.5 Å². The molecule has 0 bridgehead atoms. The van der Waals surface area contributed by atoms with Crippen LogP contribution in [0.5, 0.6) is 5.75 Å². The lowest BCUT2D eigenvalue weighted by Gasteiger charge is -2.31. The van der Waals surface area contributed by atoms with Gasteiger partial charge in [-0.1, -0.05) is 6.07 Å². The molecule has 3 rings (SSSR count). The highest BCUT2D eigenvalue weighted by atomic mass is 32.2. The summed E-state index contributed by atoms with van der Waals surface area (Å²) in [4.78, 5) is 14.4. The second kappa shape index (κ2) is 8.55. The fourth-order valence-corrected chi connectivity index (χ4v) is 5.10. The lowest BCUT2D eigenvalue weighted by atomic mass is 10.1. The molecule has 9 heteroatoms. The summed E-state index contributed by atoms with van der Waals surface area (Å²) in [5.74, 6) is 0.239. The van der Waals surface area contributed by atoms with Crippen molar-refractivity contribution >= 4 is 15.9 Å². The molecule has 2 fully saturated rings. The summed E-state index contributed by atoms with van der Waals surface area (Å²) in [6.45, 7) is 2.60. The minimum Gasteiger partial charge on any atom is -0.495 e. The molecule has 0 saturated carbocycles. The van der Waals surface area contributed by atoms with Crippen LogP contribution >= 0.6 is 0 Å². The van der Waals surface area contributed by atoms with E-state index in [1.807, 2.05) is 0 Å². The quantitative estimate of drug-likeness (QED) is 0.762. The van der Waals surface area contributed by atoms with Crippen LogP contribution in [0.2, 0.25) is 0 Å².